The third-order valence-corrected chi connectivity index (χ3v) is 2.16. The molecule has 1 unspecified atom stereocenters. The molecule has 0 aliphatic carbocycles. The van der Waals surface area contributed by atoms with Gasteiger partial charge in [-0.05, 0) is 26.4 Å². The maximum Gasteiger partial charge on any atom is 0.0593 e. The van der Waals surface area contributed by atoms with Crippen LogP contribution in [0.1, 0.15) is 27.2 Å². The Labute approximate surface area is 82.2 Å². The van der Waals surface area contributed by atoms with Gasteiger partial charge in [0.05, 0.1) is 6.61 Å². The highest BCUT2D eigenvalue weighted by Crippen LogP contribution is 1.90. The lowest BCUT2D eigenvalue weighted by atomic mass is 10.3. The van der Waals surface area contributed by atoms with Crippen LogP contribution in [0.3, 0.4) is 0 Å². The summed E-state index contributed by atoms with van der Waals surface area (Å²) in [5.41, 5.74) is 5.60. The Morgan fingerprint density at radius 3 is 2.31 bits per heavy atom. The molecule has 0 aliphatic rings. The highest BCUT2D eigenvalue weighted by atomic mass is 16.5. The molecule has 0 aliphatic heterocycles. The summed E-state index contributed by atoms with van der Waals surface area (Å²) in [6, 6.07) is 0.258. The summed E-state index contributed by atoms with van der Waals surface area (Å²) in [7, 11) is 0. The highest BCUT2D eigenvalue weighted by molar-refractivity contribution is 4.53. The molecule has 0 aromatic rings. The highest BCUT2D eigenvalue weighted by Gasteiger charge is 1.98. The van der Waals surface area contributed by atoms with Gasteiger partial charge in [-0.2, -0.15) is 0 Å². The summed E-state index contributed by atoms with van der Waals surface area (Å²) < 4.78 is 5.46. The minimum absolute atomic E-state index is 0.258. The number of ether oxygens (including phenoxy) is 1. The van der Waals surface area contributed by atoms with Crippen LogP contribution in [0.5, 0.6) is 0 Å². The maximum atomic E-state index is 5.60. The first-order chi connectivity index (χ1) is 6.20. The molecule has 0 bridgehead atoms. The van der Waals surface area contributed by atoms with Crippen molar-refractivity contribution in [2.24, 2.45) is 5.73 Å². The van der Waals surface area contributed by atoms with E-state index in [2.05, 4.69) is 18.7 Å². The molecule has 0 saturated heterocycles. The van der Waals surface area contributed by atoms with Gasteiger partial charge >= 0.3 is 0 Å². The molecular weight excluding hydrogens is 164 g/mol. The van der Waals surface area contributed by atoms with E-state index in [1.165, 1.54) is 0 Å². The van der Waals surface area contributed by atoms with E-state index in [1.807, 2.05) is 6.92 Å². The van der Waals surface area contributed by atoms with Crippen LogP contribution < -0.4 is 5.73 Å². The molecule has 1 atom stereocenters. The Bertz CT molecular complexity index is 103. The van der Waals surface area contributed by atoms with Crippen molar-refractivity contribution in [1.29, 1.82) is 0 Å². The van der Waals surface area contributed by atoms with Gasteiger partial charge in [-0.15, -0.1) is 0 Å². The van der Waals surface area contributed by atoms with E-state index < -0.39 is 0 Å². The van der Waals surface area contributed by atoms with E-state index in [1.54, 1.807) is 0 Å². The average Bonchev–Trinajstić information content (AvgIpc) is 2.11. The van der Waals surface area contributed by atoms with Gasteiger partial charge in [0.25, 0.3) is 0 Å². The van der Waals surface area contributed by atoms with Gasteiger partial charge in [0, 0.05) is 19.2 Å². The van der Waals surface area contributed by atoms with E-state index in [0.29, 0.717) is 0 Å². The first-order valence-electron chi connectivity index (χ1n) is 5.26. The van der Waals surface area contributed by atoms with E-state index in [9.17, 15) is 0 Å². The lowest BCUT2D eigenvalue weighted by Gasteiger charge is -2.17. The first-order valence-corrected chi connectivity index (χ1v) is 5.26. The van der Waals surface area contributed by atoms with Crippen LogP contribution in [0.15, 0.2) is 0 Å². The number of hydrogen-bond acceptors (Lipinski definition) is 3. The monoisotopic (exact) mass is 188 g/mol. The van der Waals surface area contributed by atoms with Crippen molar-refractivity contribution in [3.8, 4) is 0 Å². The van der Waals surface area contributed by atoms with Crippen LogP contribution >= 0.6 is 0 Å². The molecule has 3 nitrogen and oxygen atoms in total. The van der Waals surface area contributed by atoms with Crippen LogP contribution in [0, 0.1) is 0 Å². The Hall–Kier alpha value is -0.120. The van der Waals surface area contributed by atoms with Crippen LogP contribution in [0.25, 0.3) is 0 Å². The van der Waals surface area contributed by atoms with Crippen molar-refractivity contribution in [3.63, 3.8) is 0 Å². The number of rotatable bonds is 8. The topological polar surface area (TPSA) is 38.5 Å². The third kappa shape index (κ3) is 8.22. The molecular formula is C10H24N2O. The average molecular weight is 188 g/mol. The number of likely N-dealkylation sites (N-methyl/N-ethyl adjacent to an activating group) is 1. The number of hydrogen-bond donors (Lipinski definition) is 1. The molecule has 3 heteroatoms. The smallest absolute Gasteiger partial charge is 0.0593 e. The standard InChI is InChI=1S/C10H24N2O/c1-4-12(5-2)7-9-13-8-6-10(3)11/h10H,4-9,11H2,1-3H3. The fourth-order valence-corrected chi connectivity index (χ4v) is 1.10. The van der Waals surface area contributed by atoms with E-state index in [0.717, 1.165) is 39.3 Å². The fraction of sp³-hybridized carbons (Fsp3) is 1.00. The predicted molar refractivity (Wildman–Crippen MR) is 56.9 cm³/mol. The van der Waals surface area contributed by atoms with E-state index in [-0.39, 0.29) is 6.04 Å². The summed E-state index contributed by atoms with van der Waals surface area (Å²) in [4.78, 5) is 2.35. The van der Waals surface area contributed by atoms with Crippen LogP contribution in [-0.2, 0) is 4.74 Å². The van der Waals surface area contributed by atoms with Gasteiger partial charge in [0.1, 0.15) is 0 Å². The van der Waals surface area contributed by atoms with Gasteiger partial charge < -0.3 is 15.4 Å². The largest absolute Gasteiger partial charge is 0.380 e. The Kier molecular flexibility index (Phi) is 8.40. The quantitative estimate of drug-likeness (QED) is 0.579. The Morgan fingerprint density at radius 2 is 1.85 bits per heavy atom. The third-order valence-electron chi connectivity index (χ3n) is 2.16. The molecule has 13 heavy (non-hydrogen) atoms. The molecule has 0 aromatic heterocycles. The van der Waals surface area contributed by atoms with Crippen LogP contribution in [-0.4, -0.2) is 43.8 Å². The SMILES string of the molecule is CCN(CC)CCOCCC(C)N. The molecule has 0 spiro atoms. The lowest BCUT2D eigenvalue weighted by Crippen LogP contribution is -2.27. The summed E-state index contributed by atoms with van der Waals surface area (Å²) in [6.07, 6.45) is 0.957. The van der Waals surface area contributed by atoms with E-state index in [4.69, 9.17) is 10.5 Å². The molecule has 0 radical (unpaired) electrons. The molecule has 0 amide bonds. The second-order valence-electron chi connectivity index (χ2n) is 3.41. The van der Waals surface area contributed by atoms with Gasteiger partial charge in [-0.25, -0.2) is 0 Å². The molecule has 2 N–H and O–H groups in total. The zero-order valence-corrected chi connectivity index (χ0v) is 9.25. The van der Waals surface area contributed by atoms with Crippen molar-refractivity contribution in [2.75, 3.05) is 32.8 Å². The fourth-order valence-electron chi connectivity index (χ4n) is 1.10. The summed E-state index contributed by atoms with van der Waals surface area (Å²) in [6.45, 7) is 11.2. The van der Waals surface area contributed by atoms with Gasteiger partial charge in [-0.1, -0.05) is 13.8 Å². The molecule has 0 fully saturated rings. The number of nitrogens with two attached hydrogens (primary N) is 1. The predicted octanol–water partition coefficient (Wildman–Crippen LogP) is 1.08. The first kappa shape index (κ1) is 12.9. The zero-order valence-electron chi connectivity index (χ0n) is 9.25. The minimum atomic E-state index is 0.258. The molecule has 0 aromatic carbocycles. The van der Waals surface area contributed by atoms with Gasteiger partial charge in [0.15, 0.2) is 0 Å². The molecule has 80 valence electrons. The van der Waals surface area contributed by atoms with Gasteiger partial charge in [-0.3, -0.25) is 0 Å². The molecule has 0 saturated carbocycles. The summed E-state index contributed by atoms with van der Waals surface area (Å²) in [5, 5.41) is 0. The minimum Gasteiger partial charge on any atom is -0.380 e. The van der Waals surface area contributed by atoms with E-state index >= 15 is 0 Å². The molecule has 0 rings (SSSR count). The number of nitrogens with zero attached hydrogens (tertiary/aromatic N) is 1. The summed E-state index contributed by atoms with van der Waals surface area (Å²) in [5.74, 6) is 0. The molecule has 0 heterocycles. The van der Waals surface area contributed by atoms with Crippen molar-refractivity contribution >= 4 is 0 Å². The van der Waals surface area contributed by atoms with Crippen molar-refractivity contribution in [3.05, 3.63) is 0 Å². The van der Waals surface area contributed by atoms with Crippen molar-refractivity contribution < 1.29 is 4.74 Å². The van der Waals surface area contributed by atoms with Gasteiger partial charge in [0.2, 0.25) is 0 Å². The second kappa shape index (κ2) is 8.48. The van der Waals surface area contributed by atoms with Crippen LogP contribution in [0.4, 0.5) is 0 Å². The lowest BCUT2D eigenvalue weighted by molar-refractivity contribution is 0.103. The maximum absolute atomic E-state index is 5.60. The van der Waals surface area contributed by atoms with Crippen molar-refractivity contribution in [1.82, 2.24) is 4.90 Å². The van der Waals surface area contributed by atoms with Crippen molar-refractivity contribution in [2.45, 2.75) is 33.2 Å². The van der Waals surface area contributed by atoms with Crippen LogP contribution in [0.2, 0.25) is 0 Å². The summed E-state index contributed by atoms with van der Waals surface area (Å²) >= 11 is 0. The zero-order chi connectivity index (χ0) is 10.1. The Balaban J connectivity index is 3.14. The Morgan fingerprint density at radius 1 is 1.23 bits per heavy atom. The normalized spacial score (nSPS) is 13.6. The second-order valence-corrected chi connectivity index (χ2v) is 3.41.